The van der Waals surface area contributed by atoms with Crippen LogP contribution in [0.2, 0.25) is 0 Å². The molecule has 5 nitrogen and oxygen atoms in total. The number of ether oxygens (including phenoxy) is 1. The second-order valence-corrected chi connectivity index (χ2v) is 4.70. The van der Waals surface area contributed by atoms with Gasteiger partial charge in [-0.25, -0.2) is 0 Å². The van der Waals surface area contributed by atoms with E-state index in [1.807, 2.05) is 0 Å². The SMILES string of the molecule is Nc1ccc2c(c1)N(CCCCCCO)C(=O)CO2. The van der Waals surface area contributed by atoms with Gasteiger partial charge in [-0.3, -0.25) is 4.79 Å². The molecule has 0 saturated carbocycles. The molecule has 0 spiro atoms. The average Bonchev–Trinajstić information content (AvgIpc) is 2.40. The first kappa shape index (κ1) is 13.7. The minimum Gasteiger partial charge on any atom is -0.482 e. The maximum atomic E-state index is 11.9. The van der Waals surface area contributed by atoms with Gasteiger partial charge in [-0.15, -0.1) is 0 Å². The molecule has 5 heteroatoms. The van der Waals surface area contributed by atoms with Gasteiger partial charge in [0.05, 0.1) is 5.69 Å². The lowest BCUT2D eigenvalue weighted by atomic mass is 10.1. The summed E-state index contributed by atoms with van der Waals surface area (Å²) < 4.78 is 5.39. The Bertz CT molecular complexity index is 448. The first-order valence-electron chi connectivity index (χ1n) is 6.66. The number of benzene rings is 1. The lowest BCUT2D eigenvalue weighted by Gasteiger charge is -2.29. The summed E-state index contributed by atoms with van der Waals surface area (Å²) in [5.74, 6) is 0.685. The lowest BCUT2D eigenvalue weighted by molar-refractivity contribution is -0.121. The highest BCUT2D eigenvalue weighted by Crippen LogP contribution is 2.33. The van der Waals surface area contributed by atoms with Gasteiger partial charge in [-0.05, 0) is 31.0 Å². The van der Waals surface area contributed by atoms with Crippen LogP contribution >= 0.6 is 0 Å². The molecule has 104 valence electrons. The maximum Gasteiger partial charge on any atom is 0.265 e. The minimum atomic E-state index is -0.0275. The van der Waals surface area contributed by atoms with Crippen LogP contribution in [0.15, 0.2) is 18.2 Å². The molecule has 1 aromatic carbocycles. The van der Waals surface area contributed by atoms with E-state index in [9.17, 15) is 4.79 Å². The maximum absolute atomic E-state index is 11.9. The number of nitrogen functional groups attached to an aromatic ring is 1. The Morgan fingerprint density at radius 2 is 2.05 bits per heavy atom. The number of rotatable bonds is 6. The Balaban J connectivity index is 1.99. The van der Waals surface area contributed by atoms with Gasteiger partial charge in [0.25, 0.3) is 5.91 Å². The van der Waals surface area contributed by atoms with Crippen LogP contribution in [0.25, 0.3) is 0 Å². The van der Waals surface area contributed by atoms with Crippen LogP contribution in [0.5, 0.6) is 5.75 Å². The molecule has 1 amide bonds. The predicted octanol–water partition coefficient (Wildman–Crippen LogP) is 1.55. The molecule has 1 aliphatic rings. The molecular formula is C14H20N2O3. The van der Waals surface area contributed by atoms with Crippen molar-refractivity contribution < 1.29 is 14.6 Å². The van der Waals surface area contributed by atoms with Crippen molar-refractivity contribution in [2.45, 2.75) is 25.7 Å². The van der Waals surface area contributed by atoms with Crippen molar-refractivity contribution in [3.8, 4) is 5.75 Å². The Labute approximate surface area is 113 Å². The number of nitrogens with zero attached hydrogens (tertiary/aromatic N) is 1. The molecule has 0 bridgehead atoms. The van der Waals surface area contributed by atoms with Crippen LogP contribution < -0.4 is 15.4 Å². The number of aliphatic hydroxyl groups is 1. The van der Waals surface area contributed by atoms with Crippen molar-refractivity contribution in [2.75, 3.05) is 30.4 Å². The first-order chi connectivity index (χ1) is 9.22. The molecule has 19 heavy (non-hydrogen) atoms. The fourth-order valence-electron chi connectivity index (χ4n) is 2.20. The topological polar surface area (TPSA) is 75.8 Å². The summed E-state index contributed by atoms with van der Waals surface area (Å²) in [6.45, 7) is 0.994. The third kappa shape index (κ3) is 3.38. The van der Waals surface area contributed by atoms with Crippen LogP contribution in [0, 0.1) is 0 Å². The van der Waals surface area contributed by atoms with Gasteiger partial charge < -0.3 is 20.5 Å². The number of carbonyl (C=O) groups is 1. The Hall–Kier alpha value is -1.75. The monoisotopic (exact) mass is 264 g/mol. The lowest BCUT2D eigenvalue weighted by Crippen LogP contribution is -2.39. The molecule has 0 atom stereocenters. The van der Waals surface area contributed by atoms with Crippen LogP contribution in [0.4, 0.5) is 11.4 Å². The molecule has 0 aliphatic carbocycles. The molecule has 1 heterocycles. The zero-order chi connectivity index (χ0) is 13.7. The average molecular weight is 264 g/mol. The molecule has 0 radical (unpaired) electrons. The summed E-state index contributed by atoms with van der Waals surface area (Å²) >= 11 is 0. The van der Waals surface area contributed by atoms with Crippen molar-refractivity contribution in [2.24, 2.45) is 0 Å². The zero-order valence-corrected chi connectivity index (χ0v) is 11.0. The van der Waals surface area contributed by atoms with E-state index in [0.717, 1.165) is 31.4 Å². The number of hydrogen-bond acceptors (Lipinski definition) is 4. The second-order valence-electron chi connectivity index (χ2n) is 4.70. The van der Waals surface area contributed by atoms with Crippen molar-refractivity contribution in [1.82, 2.24) is 0 Å². The van der Waals surface area contributed by atoms with E-state index in [4.69, 9.17) is 15.6 Å². The van der Waals surface area contributed by atoms with Gasteiger partial charge in [0, 0.05) is 18.8 Å². The third-order valence-corrected chi connectivity index (χ3v) is 3.22. The number of hydrogen-bond donors (Lipinski definition) is 2. The fraction of sp³-hybridized carbons (Fsp3) is 0.500. The number of aliphatic hydroxyl groups excluding tert-OH is 1. The van der Waals surface area contributed by atoms with Gasteiger partial charge >= 0.3 is 0 Å². The number of fused-ring (bicyclic) bond motifs is 1. The third-order valence-electron chi connectivity index (χ3n) is 3.22. The van der Waals surface area contributed by atoms with E-state index in [-0.39, 0.29) is 19.1 Å². The molecule has 1 aromatic rings. The fourth-order valence-corrected chi connectivity index (χ4v) is 2.20. The van der Waals surface area contributed by atoms with Gasteiger partial charge in [0.15, 0.2) is 6.61 Å². The van der Waals surface area contributed by atoms with Crippen LogP contribution in [0.3, 0.4) is 0 Å². The second kappa shape index (κ2) is 6.43. The highest BCUT2D eigenvalue weighted by atomic mass is 16.5. The van der Waals surface area contributed by atoms with Gasteiger partial charge in [-0.2, -0.15) is 0 Å². The first-order valence-corrected chi connectivity index (χ1v) is 6.66. The highest BCUT2D eigenvalue weighted by molar-refractivity contribution is 5.98. The molecule has 0 aromatic heterocycles. The number of anilines is 2. The molecule has 2 rings (SSSR count). The van der Waals surface area contributed by atoms with Crippen molar-refractivity contribution in [3.63, 3.8) is 0 Å². The normalized spacial score (nSPS) is 14.2. The number of unbranched alkanes of at least 4 members (excludes halogenated alkanes) is 3. The smallest absolute Gasteiger partial charge is 0.265 e. The van der Waals surface area contributed by atoms with Crippen molar-refractivity contribution in [1.29, 1.82) is 0 Å². The molecule has 0 unspecified atom stereocenters. The van der Waals surface area contributed by atoms with E-state index in [1.165, 1.54) is 0 Å². The summed E-state index contributed by atoms with van der Waals surface area (Å²) in [7, 11) is 0. The number of amides is 1. The Morgan fingerprint density at radius 1 is 1.26 bits per heavy atom. The summed E-state index contributed by atoms with van der Waals surface area (Å²) in [6, 6.07) is 5.35. The van der Waals surface area contributed by atoms with Crippen molar-refractivity contribution in [3.05, 3.63) is 18.2 Å². The minimum absolute atomic E-state index is 0.0275. The number of carbonyl (C=O) groups excluding carboxylic acids is 1. The summed E-state index contributed by atoms with van der Waals surface area (Å²) in [5, 5.41) is 8.72. The molecule has 3 N–H and O–H groups in total. The van der Waals surface area contributed by atoms with Gasteiger partial charge in [0.2, 0.25) is 0 Å². The van der Waals surface area contributed by atoms with Crippen LogP contribution in [-0.2, 0) is 4.79 Å². The van der Waals surface area contributed by atoms with Crippen LogP contribution in [-0.4, -0.2) is 30.8 Å². The van der Waals surface area contributed by atoms with E-state index in [1.54, 1.807) is 23.1 Å². The predicted molar refractivity (Wildman–Crippen MR) is 74.3 cm³/mol. The van der Waals surface area contributed by atoms with E-state index in [2.05, 4.69) is 0 Å². The van der Waals surface area contributed by atoms with Gasteiger partial charge in [0.1, 0.15) is 5.75 Å². The molecule has 0 saturated heterocycles. The number of nitrogens with two attached hydrogens (primary N) is 1. The standard InChI is InChI=1S/C14H20N2O3/c15-11-5-6-13-12(9-11)16(14(18)10-19-13)7-3-1-2-4-8-17/h5-6,9,17H,1-4,7-8,10,15H2. The molecule has 0 fully saturated rings. The van der Waals surface area contributed by atoms with Crippen molar-refractivity contribution >= 4 is 17.3 Å². The summed E-state index contributed by atoms with van der Waals surface area (Å²) in [5.41, 5.74) is 7.15. The summed E-state index contributed by atoms with van der Waals surface area (Å²) in [4.78, 5) is 13.7. The van der Waals surface area contributed by atoms with E-state index >= 15 is 0 Å². The zero-order valence-electron chi connectivity index (χ0n) is 11.0. The van der Waals surface area contributed by atoms with E-state index < -0.39 is 0 Å². The largest absolute Gasteiger partial charge is 0.482 e. The van der Waals surface area contributed by atoms with E-state index in [0.29, 0.717) is 18.0 Å². The Kier molecular flexibility index (Phi) is 4.63. The highest BCUT2D eigenvalue weighted by Gasteiger charge is 2.24. The quantitative estimate of drug-likeness (QED) is 0.603. The summed E-state index contributed by atoms with van der Waals surface area (Å²) in [6.07, 6.45) is 3.72. The van der Waals surface area contributed by atoms with Crippen LogP contribution in [0.1, 0.15) is 25.7 Å². The Morgan fingerprint density at radius 3 is 2.84 bits per heavy atom. The molecule has 1 aliphatic heterocycles. The van der Waals surface area contributed by atoms with Gasteiger partial charge in [-0.1, -0.05) is 12.8 Å². The molecular weight excluding hydrogens is 244 g/mol.